The first-order valence-corrected chi connectivity index (χ1v) is 6.43. The van der Waals surface area contributed by atoms with E-state index < -0.39 is 0 Å². The molecule has 0 aliphatic heterocycles. The summed E-state index contributed by atoms with van der Waals surface area (Å²) in [6.07, 6.45) is 8.48. The van der Waals surface area contributed by atoms with Gasteiger partial charge < -0.3 is 9.73 Å². The van der Waals surface area contributed by atoms with Crippen LogP contribution in [0.5, 0.6) is 0 Å². The number of aryl methyl sites for hydroxylation is 1. The minimum absolute atomic E-state index is 0.694. The van der Waals surface area contributed by atoms with Gasteiger partial charge >= 0.3 is 0 Å². The van der Waals surface area contributed by atoms with E-state index >= 15 is 0 Å². The lowest BCUT2D eigenvalue weighted by molar-refractivity contribution is 0.425. The minimum Gasteiger partial charge on any atom is -0.424 e. The molecule has 0 spiro atoms. The van der Waals surface area contributed by atoms with Crippen LogP contribution in [0, 0.1) is 0 Å². The normalized spacial score (nSPS) is 15.6. The zero-order valence-electron chi connectivity index (χ0n) is 10.0. The minimum atomic E-state index is 0.694. The number of nitrogens with zero attached hydrogens (tertiary/aromatic N) is 2. The summed E-state index contributed by atoms with van der Waals surface area (Å²) < 4.78 is 5.56. The summed E-state index contributed by atoms with van der Waals surface area (Å²) in [4.78, 5) is 0. The molecule has 0 amide bonds. The van der Waals surface area contributed by atoms with Crippen LogP contribution in [0.2, 0.25) is 0 Å². The van der Waals surface area contributed by atoms with Gasteiger partial charge in [-0.25, -0.2) is 0 Å². The van der Waals surface area contributed by atoms with Gasteiger partial charge in [-0.2, -0.15) is 0 Å². The molecule has 0 aromatic carbocycles. The third kappa shape index (κ3) is 3.93. The standard InChI is InChI=1S/C12H21N3O/c1-2-3-4-5-6-11-14-15-12(16-11)9-13-10-7-8-10/h10,13H,2-9H2,1H3. The maximum atomic E-state index is 5.56. The SMILES string of the molecule is CCCCCCc1nnc(CNC2CC2)o1. The highest BCUT2D eigenvalue weighted by atomic mass is 16.4. The Balaban J connectivity index is 1.64. The van der Waals surface area contributed by atoms with Gasteiger partial charge in [0.25, 0.3) is 0 Å². The first-order chi connectivity index (χ1) is 7.88. The number of nitrogens with one attached hydrogen (secondary N) is 1. The molecule has 1 saturated carbocycles. The summed E-state index contributed by atoms with van der Waals surface area (Å²) in [6.45, 7) is 2.95. The molecule has 1 aliphatic carbocycles. The molecule has 0 unspecified atom stereocenters. The third-order valence-electron chi connectivity index (χ3n) is 2.87. The second-order valence-electron chi connectivity index (χ2n) is 4.56. The van der Waals surface area contributed by atoms with Crippen molar-refractivity contribution in [3.63, 3.8) is 0 Å². The largest absolute Gasteiger partial charge is 0.424 e. The zero-order chi connectivity index (χ0) is 11.2. The van der Waals surface area contributed by atoms with E-state index in [1.54, 1.807) is 0 Å². The van der Waals surface area contributed by atoms with Crippen LogP contribution in [0.3, 0.4) is 0 Å². The van der Waals surface area contributed by atoms with E-state index in [-0.39, 0.29) is 0 Å². The zero-order valence-corrected chi connectivity index (χ0v) is 10.0. The number of unbranched alkanes of at least 4 members (excludes halogenated alkanes) is 3. The molecule has 90 valence electrons. The number of hydrogen-bond donors (Lipinski definition) is 1. The van der Waals surface area contributed by atoms with Gasteiger partial charge in [-0.05, 0) is 19.3 Å². The average Bonchev–Trinajstić information content (AvgIpc) is 3.02. The van der Waals surface area contributed by atoms with E-state index in [0.29, 0.717) is 6.04 Å². The fraction of sp³-hybridized carbons (Fsp3) is 0.833. The summed E-state index contributed by atoms with van der Waals surface area (Å²) in [6, 6.07) is 0.694. The molecule has 16 heavy (non-hydrogen) atoms. The van der Waals surface area contributed by atoms with Crippen molar-refractivity contribution in [2.75, 3.05) is 0 Å². The van der Waals surface area contributed by atoms with Crippen LogP contribution in [-0.2, 0) is 13.0 Å². The molecular formula is C12H21N3O. The Morgan fingerprint density at radius 3 is 2.75 bits per heavy atom. The van der Waals surface area contributed by atoms with Gasteiger partial charge in [0.15, 0.2) is 0 Å². The maximum Gasteiger partial charge on any atom is 0.230 e. The molecule has 1 fully saturated rings. The highest BCUT2D eigenvalue weighted by Crippen LogP contribution is 2.19. The van der Waals surface area contributed by atoms with Crippen molar-refractivity contribution in [2.45, 2.75) is 64.5 Å². The van der Waals surface area contributed by atoms with Crippen molar-refractivity contribution in [2.24, 2.45) is 0 Å². The highest BCUT2D eigenvalue weighted by Gasteiger charge is 2.21. The summed E-state index contributed by atoms with van der Waals surface area (Å²) in [5, 5.41) is 11.5. The van der Waals surface area contributed by atoms with Crippen LogP contribution in [0.15, 0.2) is 4.42 Å². The molecule has 0 radical (unpaired) electrons. The van der Waals surface area contributed by atoms with Crippen LogP contribution in [0.4, 0.5) is 0 Å². The first-order valence-electron chi connectivity index (χ1n) is 6.43. The molecule has 4 nitrogen and oxygen atoms in total. The molecule has 1 aromatic rings. The molecular weight excluding hydrogens is 202 g/mol. The van der Waals surface area contributed by atoms with E-state index in [4.69, 9.17) is 4.42 Å². The summed E-state index contributed by atoms with van der Waals surface area (Å²) >= 11 is 0. The monoisotopic (exact) mass is 223 g/mol. The fourth-order valence-electron chi connectivity index (χ4n) is 1.68. The van der Waals surface area contributed by atoms with E-state index in [1.165, 1.54) is 32.1 Å². The molecule has 0 saturated heterocycles. The van der Waals surface area contributed by atoms with Crippen molar-refractivity contribution in [1.29, 1.82) is 0 Å². The summed E-state index contributed by atoms with van der Waals surface area (Å²) in [5.41, 5.74) is 0. The van der Waals surface area contributed by atoms with Crippen LogP contribution >= 0.6 is 0 Å². The molecule has 1 aliphatic rings. The Morgan fingerprint density at radius 2 is 2.00 bits per heavy atom. The van der Waals surface area contributed by atoms with Gasteiger partial charge in [0.05, 0.1) is 6.54 Å². The topological polar surface area (TPSA) is 51.0 Å². The van der Waals surface area contributed by atoms with Crippen molar-refractivity contribution in [3.8, 4) is 0 Å². The molecule has 1 aromatic heterocycles. The Morgan fingerprint density at radius 1 is 1.19 bits per heavy atom. The van der Waals surface area contributed by atoms with Crippen LogP contribution in [0.25, 0.3) is 0 Å². The lowest BCUT2D eigenvalue weighted by Gasteiger charge is -1.96. The van der Waals surface area contributed by atoms with Gasteiger partial charge in [0.2, 0.25) is 11.8 Å². The second kappa shape index (κ2) is 5.99. The van der Waals surface area contributed by atoms with Crippen LogP contribution in [-0.4, -0.2) is 16.2 Å². The average molecular weight is 223 g/mol. The smallest absolute Gasteiger partial charge is 0.230 e. The van der Waals surface area contributed by atoms with Gasteiger partial charge in [-0.3, -0.25) is 0 Å². The summed E-state index contributed by atoms with van der Waals surface area (Å²) in [7, 11) is 0. The predicted molar refractivity (Wildman–Crippen MR) is 62.0 cm³/mol. The predicted octanol–water partition coefficient (Wildman–Crippen LogP) is 2.44. The summed E-state index contributed by atoms with van der Waals surface area (Å²) in [5.74, 6) is 1.53. The quantitative estimate of drug-likeness (QED) is 0.688. The van der Waals surface area contributed by atoms with Gasteiger partial charge in [-0.1, -0.05) is 26.2 Å². The van der Waals surface area contributed by atoms with Gasteiger partial charge in [0, 0.05) is 12.5 Å². The maximum absolute atomic E-state index is 5.56. The van der Waals surface area contributed by atoms with E-state index in [1.807, 2.05) is 0 Å². The Labute approximate surface area is 96.8 Å². The first kappa shape index (κ1) is 11.6. The van der Waals surface area contributed by atoms with E-state index in [2.05, 4.69) is 22.4 Å². The Hall–Kier alpha value is -0.900. The molecule has 0 atom stereocenters. The molecule has 0 bridgehead atoms. The van der Waals surface area contributed by atoms with Crippen LogP contribution < -0.4 is 5.32 Å². The lowest BCUT2D eigenvalue weighted by atomic mass is 10.1. The fourth-order valence-corrected chi connectivity index (χ4v) is 1.68. The van der Waals surface area contributed by atoms with E-state index in [0.717, 1.165) is 31.2 Å². The number of rotatable bonds is 8. The van der Waals surface area contributed by atoms with Crippen LogP contribution in [0.1, 0.15) is 57.2 Å². The Kier molecular flexibility index (Phi) is 4.34. The van der Waals surface area contributed by atoms with Crippen molar-refractivity contribution in [1.82, 2.24) is 15.5 Å². The molecule has 1 heterocycles. The number of aromatic nitrogens is 2. The van der Waals surface area contributed by atoms with Crippen molar-refractivity contribution < 1.29 is 4.42 Å². The van der Waals surface area contributed by atoms with E-state index in [9.17, 15) is 0 Å². The van der Waals surface area contributed by atoms with Gasteiger partial charge in [0.1, 0.15) is 0 Å². The molecule has 1 N–H and O–H groups in total. The number of hydrogen-bond acceptors (Lipinski definition) is 4. The van der Waals surface area contributed by atoms with Crippen molar-refractivity contribution in [3.05, 3.63) is 11.8 Å². The lowest BCUT2D eigenvalue weighted by Crippen LogP contribution is -2.15. The second-order valence-corrected chi connectivity index (χ2v) is 4.56. The van der Waals surface area contributed by atoms with Gasteiger partial charge in [-0.15, -0.1) is 10.2 Å². The molecule has 4 heteroatoms. The molecule has 2 rings (SSSR count). The highest BCUT2D eigenvalue weighted by molar-refractivity contribution is 4.86. The van der Waals surface area contributed by atoms with Crippen molar-refractivity contribution >= 4 is 0 Å². The third-order valence-corrected chi connectivity index (χ3v) is 2.87. The Bertz CT molecular complexity index is 307.